The number of carbonyl (C=O) groups excluding carboxylic acids is 1. The number of benzene rings is 1. The van der Waals surface area contributed by atoms with Crippen LogP contribution in [0.25, 0.3) is 21.9 Å². The van der Waals surface area contributed by atoms with E-state index in [1.807, 2.05) is 29.6 Å². The lowest BCUT2D eigenvalue weighted by atomic mass is 10.1. The minimum atomic E-state index is -0.290. The first-order chi connectivity index (χ1) is 14.1. The van der Waals surface area contributed by atoms with Gasteiger partial charge in [-0.05, 0) is 42.5 Å². The van der Waals surface area contributed by atoms with Crippen molar-refractivity contribution in [2.24, 2.45) is 0 Å². The fourth-order valence-electron chi connectivity index (χ4n) is 3.00. The molecule has 8 heteroatoms. The zero-order chi connectivity index (χ0) is 20.2. The zero-order valence-electron chi connectivity index (χ0n) is 15.8. The number of aromatic nitrogens is 3. The molecule has 0 saturated heterocycles. The van der Waals surface area contributed by atoms with Crippen LogP contribution in [0.2, 0.25) is 0 Å². The molecule has 6 nitrogen and oxygen atoms in total. The number of rotatable bonds is 7. The van der Waals surface area contributed by atoms with E-state index in [4.69, 9.17) is 4.52 Å². The molecule has 0 bridgehead atoms. The molecular formula is C21H19FN4O2S. The van der Waals surface area contributed by atoms with Crippen LogP contribution in [0.4, 0.5) is 4.39 Å². The quantitative estimate of drug-likeness (QED) is 0.482. The summed E-state index contributed by atoms with van der Waals surface area (Å²) < 4.78 is 18.6. The maximum Gasteiger partial charge on any atom is 0.275 e. The number of nitrogens with zero attached hydrogens (tertiary/aromatic N) is 3. The van der Waals surface area contributed by atoms with Crippen molar-refractivity contribution in [3.8, 4) is 21.9 Å². The SMILES string of the molecule is CN(CCCc1cc(-c2cccc(F)c2)n[nH]1)C(=O)c1cc(-c2cccs2)on1. The highest BCUT2D eigenvalue weighted by Crippen LogP contribution is 2.25. The summed E-state index contributed by atoms with van der Waals surface area (Å²) in [6.07, 6.45) is 1.47. The molecule has 0 atom stereocenters. The summed E-state index contributed by atoms with van der Waals surface area (Å²) in [4.78, 5) is 15.1. The molecule has 4 rings (SSSR count). The highest BCUT2D eigenvalue weighted by molar-refractivity contribution is 7.13. The van der Waals surface area contributed by atoms with Gasteiger partial charge in [-0.1, -0.05) is 23.4 Å². The average molecular weight is 410 g/mol. The van der Waals surface area contributed by atoms with Gasteiger partial charge in [-0.15, -0.1) is 11.3 Å². The van der Waals surface area contributed by atoms with Crippen molar-refractivity contribution in [3.05, 3.63) is 71.1 Å². The summed E-state index contributed by atoms with van der Waals surface area (Å²) in [5, 5.41) is 13.1. The molecule has 0 spiro atoms. The minimum Gasteiger partial charge on any atom is -0.355 e. The van der Waals surface area contributed by atoms with Crippen LogP contribution in [0.1, 0.15) is 22.6 Å². The van der Waals surface area contributed by atoms with Crippen molar-refractivity contribution >= 4 is 17.2 Å². The fourth-order valence-corrected chi connectivity index (χ4v) is 3.67. The van der Waals surface area contributed by atoms with Gasteiger partial charge in [-0.3, -0.25) is 9.89 Å². The molecular weight excluding hydrogens is 391 g/mol. The second kappa shape index (κ2) is 8.40. The maximum absolute atomic E-state index is 13.4. The molecule has 0 unspecified atom stereocenters. The largest absolute Gasteiger partial charge is 0.355 e. The Bertz CT molecular complexity index is 1100. The number of thiophene rings is 1. The molecule has 3 aromatic heterocycles. The second-order valence-electron chi connectivity index (χ2n) is 6.67. The molecule has 148 valence electrons. The molecule has 0 aliphatic rings. The molecule has 1 amide bonds. The first kappa shape index (κ1) is 19.1. The summed E-state index contributed by atoms with van der Waals surface area (Å²) in [5.74, 6) is 0.128. The van der Waals surface area contributed by atoms with Crippen molar-refractivity contribution in [3.63, 3.8) is 0 Å². The van der Waals surface area contributed by atoms with Crippen LogP contribution in [0, 0.1) is 5.82 Å². The summed E-state index contributed by atoms with van der Waals surface area (Å²) in [6.45, 7) is 0.564. The van der Waals surface area contributed by atoms with E-state index in [1.54, 1.807) is 24.1 Å². The monoisotopic (exact) mass is 410 g/mol. The summed E-state index contributed by atoms with van der Waals surface area (Å²) in [7, 11) is 1.74. The normalized spacial score (nSPS) is 11.0. The lowest BCUT2D eigenvalue weighted by Crippen LogP contribution is -2.28. The minimum absolute atomic E-state index is 0.179. The topological polar surface area (TPSA) is 75.0 Å². The van der Waals surface area contributed by atoms with Crippen LogP contribution in [0.3, 0.4) is 0 Å². The molecule has 1 N–H and O–H groups in total. The van der Waals surface area contributed by atoms with Gasteiger partial charge in [0, 0.05) is 30.9 Å². The molecule has 0 radical (unpaired) electrons. The number of aryl methyl sites for hydroxylation is 1. The van der Waals surface area contributed by atoms with Gasteiger partial charge in [0.1, 0.15) is 5.82 Å². The van der Waals surface area contributed by atoms with E-state index in [9.17, 15) is 9.18 Å². The number of H-pyrrole nitrogens is 1. The first-order valence-electron chi connectivity index (χ1n) is 9.16. The maximum atomic E-state index is 13.4. The van der Waals surface area contributed by atoms with Crippen molar-refractivity contribution < 1.29 is 13.7 Å². The van der Waals surface area contributed by atoms with Gasteiger partial charge in [0.05, 0.1) is 10.6 Å². The summed E-state index contributed by atoms with van der Waals surface area (Å²) >= 11 is 1.53. The van der Waals surface area contributed by atoms with E-state index >= 15 is 0 Å². The van der Waals surface area contributed by atoms with Gasteiger partial charge >= 0.3 is 0 Å². The Balaban J connectivity index is 1.31. The number of hydrogen-bond donors (Lipinski definition) is 1. The molecule has 0 saturated carbocycles. The summed E-state index contributed by atoms with van der Waals surface area (Å²) in [5.41, 5.74) is 2.66. The highest BCUT2D eigenvalue weighted by Gasteiger charge is 2.18. The Labute approximate surface area is 171 Å². The molecule has 4 aromatic rings. The van der Waals surface area contributed by atoms with E-state index in [0.29, 0.717) is 23.7 Å². The van der Waals surface area contributed by atoms with E-state index in [-0.39, 0.29) is 11.7 Å². The van der Waals surface area contributed by atoms with Crippen LogP contribution >= 0.6 is 11.3 Å². The zero-order valence-corrected chi connectivity index (χ0v) is 16.6. The van der Waals surface area contributed by atoms with Crippen molar-refractivity contribution in [2.75, 3.05) is 13.6 Å². The standard InChI is InChI=1S/C21H19FN4O2S/c1-26(21(27)18-13-19(28-25-18)20-8-4-10-29-20)9-3-7-16-12-17(24-23-16)14-5-2-6-15(22)11-14/h2,4-6,8,10-13H,3,7,9H2,1H3,(H,23,24). The first-order valence-corrected chi connectivity index (χ1v) is 10.0. The van der Waals surface area contributed by atoms with Crippen LogP contribution in [0.5, 0.6) is 0 Å². The third-order valence-electron chi connectivity index (χ3n) is 4.53. The molecule has 3 heterocycles. The fraction of sp³-hybridized carbons (Fsp3) is 0.190. The predicted molar refractivity (Wildman–Crippen MR) is 109 cm³/mol. The summed E-state index contributed by atoms with van der Waals surface area (Å²) in [6, 6.07) is 13.8. The second-order valence-corrected chi connectivity index (χ2v) is 7.62. The third-order valence-corrected chi connectivity index (χ3v) is 5.42. The lowest BCUT2D eigenvalue weighted by molar-refractivity contribution is 0.0783. The number of carbonyl (C=O) groups is 1. The Morgan fingerprint density at radius 3 is 2.93 bits per heavy atom. The smallest absolute Gasteiger partial charge is 0.275 e. The van der Waals surface area contributed by atoms with Crippen molar-refractivity contribution in [2.45, 2.75) is 12.8 Å². The van der Waals surface area contributed by atoms with Crippen molar-refractivity contribution in [1.82, 2.24) is 20.3 Å². The van der Waals surface area contributed by atoms with Crippen molar-refractivity contribution in [1.29, 1.82) is 0 Å². The van der Waals surface area contributed by atoms with E-state index in [2.05, 4.69) is 15.4 Å². The lowest BCUT2D eigenvalue weighted by Gasteiger charge is -2.14. The van der Waals surface area contributed by atoms with Gasteiger partial charge in [0.15, 0.2) is 11.5 Å². The predicted octanol–water partition coefficient (Wildman–Crippen LogP) is 4.64. The van der Waals surface area contributed by atoms with E-state index in [1.165, 1.54) is 23.5 Å². The Hall–Kier alpha value is -3.26. The molecule has 0 aliphatic carbocycles. The number of aromatic amines is 1. The molecule has 29 heavy (non-hydrogen) atoms. The van der Waals surface area contributed by atoms with E-state index in [0.717, 1.165) is 29.0 Å². The van der Waals surface area contributed by atoms with Gasteiger partial charge in [-0.2, -0.15) is 5.10 Å². The van der Waals surface area contributed by atoms with Gasteiger partial charge in [0.25, 0.3) is 5.91 Å². The van der Waals surface area contributed by atoms with Crippen LogP contribution in [-0.2, 0) is 6.42 Å². The third kappa shape index (κ3) is 4.43. The average Bonchev–Trinajstić information content (AvgIpc) is 3.48. The van der Waals surface area contributed by atoms with Gasteiger partial charge in [0.2, 0.25) is 0 Å². The van der Waals surface area contributed by atoms with Gasteiger partial charge < -0.3 is 9.42 Å². The number of nitrogens with one attached hydrogen (secondary N) is 1. The number of hydrogen-bond acceptors (Lipinski definition) is 5. The molecule has 0 aliphatic heterocycles. The Morgan fingerprint density at radius 2 is 2.14 bits per heavy atom. The van der Waals surface area contributed by atoms with Crippen LogP contribution in [-0.4, -0.2) is 39.8 Å². The number of halogens is 1. The van der Waals surface area contributed by atoms with Crippen LogP contribution < -0.4 is 0 Å². The van der Waals surface area contributed by atoms with E-state index < -0.39 is 0 Å². The Kier molecular flexibility index (Phi) is 5.53. The van der Waals surface area contributed by atoms with Crippen LogP contribution in [0.15, 0.2) is 58.4 Å². The molecule has 0 fully saturated rings. The highest BCUT2D eigenvalue weighted by atomic mass is 32.1. The Morgan fingerprint density at radius 1 is 1.24 bits per heavy atom. The number of amides is 1. The van der Waals surface area contributed by atoms with Gasteiger partial charge in [-0.25, -0.2) is 4.39 Å². The molecule has 1 aromatic carbocycles.